The summed E-state index contributed by atoms with van der Waals surface area (Å²) >= 11 is 0. The van der Waals surface area contributed by atoms with E-state index in [1.165, 1.54) is 6.92 Å². The van der Waals surface area contributed by atoms with Crippen LogP contribution in [-0.4, -0.2) is 29.9 Å². The normalized spacial score (nSPS) is 13.2. The lowest BCUT2D eigenvalue weighted by atomic mass is 10.0. The first kappa shape index (κ1) is 18.7. The first-order valence-corrected chi connectivity index (χ1v) is 7.61. The van der Waals surface area contributed by atoms with Gasteiger partial charge in [0.25, 0.3) is 0 Å². The highest BCUT2D eigenvalue weighted by Gasteiger charge is 2.23. The van der Waals surface area contributed by atoms with Crippen molar-refractivity contribution in [1.82, 2.24) is 10.6 Å². The van der Waals surface area contributed by atoms with E-state index >= 15 is 0 Å². The number of carbonyl (C=O) groups excluding carboxylic acids is 3. The fraction of sp³-hybridized carbons (Fsp3) is 0.471. The third-order valence-corrected chi connectivity index (χ3v) is 3.28. The summed E-state index contributed by atoms with van der Waals surface area (Å²) in [4.78, 5) is 34.8. The maximum Gasteiger partial charge on any atom is 0.243 e. The summed E-state index contributed by atoms with van der Waals surface area (Å²) in [5, 5.41) is 16.2. The molecule has 0 spiro atoms. The maximum atomic E-state index is 12.4. The first-order chi connectivity index (χ1) is 10.8. The Kier molecular flexibility index (Phi) is 7.25. The Balaban J connectivity index is 2.82. The third kappa shape index (κ3) is 6.95. The van der Waals surface area contributed by atoms with Crippen LogP contribution in [0.4, 0.5) is 0 Å². The second-order valence-corrected chi connectivity index (χ2v) is 5.95. The third-order valence-electron chi connectivity index (χ3n) is 3.28. The van der Waals surface area contributed by atoms with Crippen LogP contribution in [0.2, 0.25) is 0 Å². The highest BCUT2D eigenvalue weighted by atomic mass is 16.4. The van der Waals surface area contributed by atoms with E-state index in [-0.39, 0.29) is 24.7 Å². The number of hydrogen-bond acceptors (Lipinski definition) is 4. The summed E-state index contributed by atoms with van der Waals surface area (Å²) in [6.45, 7) is 5.03. The smallest absolute Gasteiger partial charge is 0.243 e. The van der Waals surface area contributed by atoms with Crippen LogP contribution in [0.1, 0.15) is 32.8 Å². The minimum Gasteiger partial charge on any atom is -0.548 e. The van der Waals surface area contributed by atoms with Crippen molar-refractivity contribution < 1.29 is 19.5 Å². The summed E-state index contributed by atoms with van der Waals surface area (Å²) in [7, 11) is 0. The van der Waals surface area contributed by atoms with E-state index in [0.717, 1.165) is 5.56 Å². The Morgan fingerprint density at radius 3 is 2.13 bits per heavy atom. The van der Waals surface area contributed by atoms with E-state index in [4.69, 9.17) is 0 Å². The van der Waals surface area contributed by atoms with Crippen molar-refractivity contribution in [3.05, 3.63) is 35.9 Å². The molecule has 1 aromatic carbocycles. The molecular weight excluding hydrogens is 296 g/mol. The molecule has 2 N–H and O–H groups in total. The lowest BCUT2D eigenvalue weighted by molar-refractivity contribution is -0.308. The first-order valence-electron chi connectivity index (χ1n) is 7.61. The van der Waals surface area contributed by atoms with Gasteiger partial charge in [0, 0.05) is 13.3 Å². The van der Waals surface area contributed by atoms with Crippen LogP contribution in [0.15, 0.2) is 30.3 Å². The van der Waals surface area contributed by atoms with Crippen molar-refractivity contribution in [2.24, 2.45) is 5.92 Å². The second kappa shape index (κ2) is 8.92. The summed E-state index contributed by atoms with van der Waals surface area (Å²) in [6, 6.07) is 7.30. The molecule has 2 atom stereocenters. The Morgan fingerprint density at radius 1 is 1.04 bits per heavy atom. The van der Waals surface area contributed by atoms with Gasteiger partial charge in [-0.2, -0.15) is 0 Å². The van der Waals surface area contributed by atoms with Gasteiger partial charge in [-0.1, -0.05) is 44.2 Å². The molecule has 0 aromatic heterocycles. The van der Waals surface area contributed by atoms with Crippen LogP contribution in [0, 0.1) is 5.92 Å². The van der Waals surface area contributed by atoms with Gasteiger partial charge in [-0.15, -0.1) is 0 Å². The SMILES string of the molecule is CC(=O)N[C@@H](Cc1ccccc1)C(=O)N[C@H](CC(C)C)C(=O)[O-]. The standard InChI is InChI=1S/C17H24N2O4/c1-11(2)9-15(17(22)23)19-16(21)14(18-12(3)20)10-13-7-5-4-6-8-13/h4-8,11,14-15H,9-10H2,1-3H3,(H,18,20)(H,19,21)(H,22,23)/p-1/t14-,15+/m0/s1. The van der Waals surface area contributed by atoms with Crippen molar-refractivity contribution in [2.75, 3.05) is 0 Å². The molecule has 0 unspecified atom stereocenters. The zero-order chi connectivity index (χ0) is 17.4. The number of carbonyl (C=O) groups is 3. The molecule has 0 heterocycles. The van der Waals surface area contributed by atoms with Gasteiger partial charge in [-0.05, 0) is 17.9 Å². The molecule has 6 heteroatoms. The molecule has 0 aliphatic heterocycles. The topological polar surface area (TPSA) is 98.3 Å². The maximum absolute atomic E-state index is 12.4. The van der Waals surface area contributed by atoms with Gasteiger partial charge in [0.05, 0.1) is 12.0 Å². The Hall–Kier alpha value is -2.37. The molecule has 0 aliphatic carbocycles. The van der Waals surface area contributed by atoms with Crippen LogP contribution in [0.3, 0.4) is 0 Å². The summed E-state index contributed by atoms with van der Waals surface area (Å²) in [5.41, 5.74) is 0.871. The highest BCUT2D eigenvalue weighted by molar-refractivity contribution is 5.89. The minimum atomic E-state index is -1.33. The molecule has 23 heavy (non-hydrogen) atoms. The Morgan fingerprint density at radius 2 is 1.65 bits per heavy atom. The van der Waals surface area contributed by atoms with Crippen molar-refractivity contribution in [3.63, 3.8) is 0 Å². The molecule has 1 rings (SSSR count). The van der Waals surface area contributed by atoms with E-state index in [2.05, 4.69) is 10.6 Å². The van der Waals surface area contributed by atoms with Gasteiger partial charge in [-0.25, -0.2) is 0 Å². The Bertz CT molecular complexity index is 543. The quantitative estimate of drug-likeness (QED) is 0.705. The molecule has 126 valence electrons. The van der Waals surface area contributed by atoms with Gasteiger partial charge in [0.15, 0.2) is 0 Å². The molecule has 0 radical (unpaired) electrons. The van der Waals surface area contributed by atoms with Crippen LogP contribution in [0.25, 0.3) is 0 Å². The molecular formula is C17H23N2O4-. The summed E-state index contributed by atoms with van der Waals surface area (Å²) in [6.07, 6.45) is 0.555. The number of carboxylic acids is 1. The van der Waals surface area contributed by atoms with E-state index in [0.29, 0.717) is 0 Å². The number of nitrogens with one attached hydrogen (secondary N) is 2. The average molecular weight is 319 g/mol. The zero-order valence-corrected chi connectivity index (χ0v) is 13.7. The number of amides is 2. The summed E-state index contributed by atoms with van der Waals surface area (Å²) in [5.74, 6) is -2.12. The second-order valence-electron chi connectivity index (χ2n) is 5.95. The predicted molar refractivity (Wildman–Crippen MR) is 84.1 cm³/mol. The van der Waals surface area contributed by atoms with E-state index in [1.54, 1.807) is 0 Å². The van der Waals surface area contributed by atoms with Gasteiger partial charge < -0.3 is 20.5 Å². The molecule has 0 fully saturated rings. The van der Waals surface area contributed by atoms with Gasteiger partial charge in [-0.3, -0.25) is 9.59 Å². The van der Waals surface area contributed by atoms with Crippen molar-refractivity contribution >= 4 is 17.8 Å². The molecule has 2 amide bonds. The van der Waals surface area contributed by atoms with Crippen molar-refractivity contribution in [1.29, 1.82) is 0 Å². The number of carboxylic acid groups (broad SMARTS) is 1. The predicted octanol–water partition coefficient (Wildman–Crippen LogP) is 0.0146. The van der Waals surface area contributed by atoms with Gasteiger partial charge >= 0.3 is 0 Å². The molecule has 0 bridgehead atoms. The van der Waals surface area contributed by atoms with Gasteiger partial charge in [0.2, 0.25) is 11.8 Å². The van der Waals surface area contributed by atoms with E-state index in [9.17, 15) is 19.5 Å². The Labute approximate surface area is 136 Å². The number of aliphatic carboxylic acids is 1. The number of hydrogen-bond donors (Lipinski definition) is 2. The molecule has 0 saturated heterocycles. The fourth-order valence-electron chi connectivity index (χ4n) is 2.26. The molecule has 1 aromatic rings. The fourth-order valence-corrected chi connectivity index (χ4v) is 2.26. The lowest BCUT2D eigenvalue weighted by Gasteiger charge is -2.25. The van der Waals surface area contributed by atoms with Crippen LogP contribution in [-0.2, 0) is 20.8 Å². The zero-order valence-electron chi connectivity index (χ0n) is 13.7. The monoisotopic (exact) mass is 319 g/mol. The largest absolute Gasteiger partial charge is 0.548 e. The van der Waals surface area contributed by atoms with Crippen molar-refractivity contribution in [2.45, 2.75) is 45.7 Å². The van der Waals surface area contributed by atoms with E-state index in [1.807, 2.05) is 44.2 Å². The molecule has 6 nitrogen and oxygen atoms in total. The number of benzene rings is 1. The number of rotatable bonds is 8. The van der Waals surface area contributed by atoms with Crippen LogP contribution < -0.4 is 15.7 Å². The summed E-state index contributed by atoms with van der Waals surface area (Å²) < 4.78 is 0. The average Bonchev–Trinajstić information content (AvgIpc) is 2.45. The van der Waals surface area contributed by atoms with Crippen LogP contribution in [0.5, 0.6) is 0 Å². The lowest BCUT2D eigenvalue weighted by Crippen LogP contribution is -2.55. The van der Waals surface area contributed by atoms with E-state index < -0.39 is 24.0 Å². The minimum absolute atomic E-state index is 0.0894. The van der Waals surface area contributed by atoms with Gasteiger partial charge in [0.1, 0.15) is 6.04 Å². The molecule has 0 aliphatic rings. The molecule has 0 saturated carbocycles. The van der Waals surface area contributed by atoms with Crippen LogP contribution >= 0.6 is 0 Å². The highest BCUT2D eigenvalue weighted by Crippen LogP contribution is 2.07. The van der Waals surface area contributed by atoms with Crippen molar-refractivity contribution in [3.8, 4) is 0 Å².